The lowest BCUT2D eigenvalue weighted by atomic mass is 9.91. The molecular weight excluding hydrogens is 781 g/mol. The first-order valence-corrected chi connectivity index (χ1v) is 19.7. The highest BCUT2D eigenvalue weighted by molar-refractivity contribution is 6.28. The molecule has 0 aliphatic rings. The summed E-state index contributed by atoms with van der Waals surface area (Å²) in [5, 5.41) is 14.6. The third-order valence-corrected chi connectivity index (χ3v) is 11.3. The topological polar surface area (TPSA) is 34.6 Å². The van der Waals surface area contributed by atoms with E-state index in [-0.39, 0.29) is 11.4 Å². The molecule has 0 N–H and O–H groups in total. The average molecular weight is 811 g/mol. The fraction of sp³-hybridized carbons (Fsp3) is 0. The van der Waals surface area contributed by atoms with Gasteiger partial charge in [-0.15, -0.1) is 0 Å². The molecule has 0 aromatic heterocycles. The highest BCUT2D eigenvalue weighted by Gasteiger charge is 2.28. The zero-order chi connectivity index (χ0) is 42.5. The van der Waals surface area contributed by atoms with Crippen LogP contribution in [-0.2, 0) is 0 Å². The monoisotopic (exact) mass is 810 g/mol. The Bertz CT molecular complexity index is 3180. The Labute approximate surface area is 354 Å². The maximum absolute atomic E-state index is 16.7. The molecule has 0 saturated heterocycles. The second-order valence-corrected chi connectivity index (χ2v) is 14.8. The van der Waals surface area contributed by atoms with Crippen molar-refractivity contribution in [1.29, 1.82) is 5.26 Å². The summed E-state index contributed by atoms with van der Waals surface area (Å²) in [7, 11) is 0. The average Bonchev–Trinajstić information content (AvgIpc) is 3.31. The molecule has 294 valence electrons. The predicted molar refractivity (Wildman–Crippen MR) is 241 cm³/mol. The molecule has 0 fully saturated rings. The van der Waals surface area contributed by atoms with Gasteiger partial charge in [-0.25, -0.2) is 22.4 Å². The van der Waals surface area contributed by atoms with E-state index in [1.807, 2.05) is 84.9 Å². The molecule has 0 aliphatic carbocycles. The molecule has 0 heterocycles. The quantitative estimate of drug-likeness (QED) is 0.0871. The number of nitriles is 1. The van der Waals surface area contributed by atoms with Crippen molar-refractivity contribution in [1.82, 2.24) is 0 Å². The molecule has 10 aromatic carbocycles. The van der Waals surface area contributed by atoms with Crippen molar-refractivity contribution >= 4 is 72.1 Å². The lowest BCUT2D eigenvalue weighted by molar-refractivity contribution is 0.584. The van der Waals surface area contributed by atoms with Crippen molar-refractivity contribution in [3.05, 3.63) is 222 Å². The maximum Gasteiger partial charge on any atom is 0.187 e. The van der Waals surface area contributed by atoms with Gasteiger partial charge in [-0.2, -0.15) is 5.26 Å². The fourth-order valence-corrected chi connectivity index (χ4v) is 8.56. The van der Waals surface area contributed by atoms with E-state index >= 15 is 17.6 Å². The van der Waals surface area contributed by atoms with E-state index in [1.165, 1.54) is 12.1 Å². The van der Waals surface area contributed by atoms with Gasteiger partial charge in [0.2, 0.25) is 0 Å². The van der Waals surface area contributed by atoms with Crippen LogP contribution in [0.25, 0.3) is 59.4 Å². The summed E-state index contributed by atoms with van der Waals surface area (Å²) in [5.74, 6) is -3.01. The van der Waals surface area contributed by atoms with Crippen molar-refractivity contribution in [2.75, 3.05) is 9.80 Å². The molecule has 0 bridgehead atoms. The molecule has 0 amide bonds. The van der Waals surface area contributed by atoms with Gasteiger partial charge in [-0.3, -0.25) is 0 Å². The second-order valence-electron chi connectivity index (χ2n) is 14.8. The van der Waals surface area contributed by atoms with Crippen molar-refractivity contribution in [2.24, 2.45) is 0 Å². The molecule has 0 spiro atoms. The first-order chi connectivity index (χ1) is 30.3. The van der Waals surface area contributed by atoms with Crippen LogP contribution in [0.2, 0.25) is 0 Å². The summed E-state index contributed by atoms with van der Waals surface area (Å²) in [6, 6.07) is 54.0. The summed E-state index contributed by atoms with van der Waals surface area (Å²) >= 11 is 0. The number of rotatable bonds is 8. The van der Waals surface area contributed by atoms with Crippen LogP contribution in [0.3, 0.4) is 0 Å². The summed E-state index contributed by atoms with van der Waals surface area (Å²) < 4.78 is 63.7. The second kappa shape index (κ2) is 15.3. The summed E-state index contributed by atoms with van der Waals surface area (Å²) in [4.78, 5) is 7.10. The van der Waals surface area contributed by atoms with Crippen LogP contribution in [-0.4, -0.2) is 0 Å². The number of anilines is 6. The fourth-order valence-electron chi connectivity index (χ4n) is 8.56. The van der Waals surface area contributed by atoms with Gasteiger partial charge >= 0.3 is 0 Å². The van der Waals surface area contributed by atoms with Crippen LogP contribution < -0.4 is 9.80 Å². The van der Waals surface area contributed by atoms with Gasteiger partial charge < -0.3 is 9.80 Å². The lowest BCUT2D eigenvalue weighted by Crippen LogP contribution is -2.15. The summed E-state index contributed by atoms with van der Waals surface area (Å²) in [5.41, 5.74) is 5.20. The molecule has 10 aromatic rings. The van der Waals surface area contributed by atoms with Crippen LogP contribution in [0, 0.1) is 41.2 Å². The van der Waals surface area contributed by atoms with Crippen LogP contribution in [0.15, 0.2) is 182 Å². The molecule has 0 radical (unpaired) electrons. The van der Waals surface area contributed by atoms with Crippen LogP contribution in [0.4, 0.5) is 57.4 Å². The third-order valence-electron chi connectivity index (χ3n) is 11.3. The lowest BCUT2D eigenvalue weighted by Gasteiger charge is -2.31. The number of hydrogen-bond donors (Lipinski definition) is 0. The highest BCUT2D eigenvalue weighted by atomic mass is 19.1. The van der Waals surface area contributed by atoms with E-state index in [0.717, 1.165) is 44.5 Å². The molecular formula is C54H30F4N4. The maximum atomic E-state index is 16.7. The molecule has 4 nitrogen and oxygen atoms in total. The minimum absolute atomic E-state index is 0.118. The molecule has 10 rings (SSSR count). The number of halogens is 4. The molecule has 8 heteroatoms. The Balaban J connectivity index is 1.27. The Hall–Kier alpha value is -8.46. The van der Waals surface area contributed by atoms with Gasteiger partial charge in [0.15, 0.2) is 17.3 Å². The van der Waals surface area contributed by atoms with Crippen molar-refractivity contribution in [3.63, 3.8) is 0 Å². The third kappa shape index (κ3) is 6.39. The van der Waals surface area contributed by atoms with Crippen molar-refractivity contribution in [3.8, 4) is 28.3 Å². The minimum atomic E-state index is -0.781. The minimum Gasteiger partial charge on any atom is -0.307 e. The number of benzene rings is 10. The standard InChI is InChI=1S/C54H30F4N4/c1-60-40-18-22-42(23-19-40)62(54-46(29-39(56)31-48(54)58)35-10-6-3-7-11-35)50-27-17-37-14-24-43-49(26-16-36-15-25-44(50)52(37)51(36)43)61(41-20-12-33(32-59)13-21-41)53-45(28-38(55)30-47(53)57)34-8-4-2-5-9-34/h2-31H. The van der Waals surface area contributed by atoms with Gasteiger partial charge in [0.25, 0.3) is 0 Å². The van der Waals surface area contributed by atoms with Crippen molar-refractivity contribution in [2.45, 2.75) is 0 Å². The van der Waals surface area contributed by atoms with E-state index in [4.69, 9.17) is 6.57 Å². The van der Waals surface area contributed by atoms with Gasteiger partial charge in [0.1, 0.15) is 11.6 Å². The smallest absolute Gasteiger partial charge is 0.187 e. The van der Waals surface area contributed by atoms with Gasteiger partial charge in [-0.1, -0.05) is 109 Å². The van der Waals surface area contributed by atoms with E-state index < -0.39 is 23.3 Å². The molecule has 0 aliphatic heterocycles. The number of nitrogens with zero attached hydrogens (tertiary/aromatic N) is 4. The number of hydrogen-bond acceptors (Lipinski definition) is 3. The van der Waals surface area contributed by atoms with Gasteiger partial charge in [0.05, 0.1) is 41.0 Å². The zero-order valence-corrected chi connectivity index (χ0v) is 32.6. The Morgan fingerprint density at radius 1 is 0.468 bits per heavy atom. The first-order valence-electron chi connectivity index (χ1n) is 19.7. The highest BCUT2D eigenvalue weighted by Crippen LogP contribution is 2.51. The van der Waals surface area contributed by atoms with Crippen LogP contribution in [0.1, 0.15) is 5.56 Å². The molecule has 62 heavy (non-hydrogen) atoms. The Morgan fingerprint density at radius 2 is 0.887 bits per heavy atom. The predicted octanol–water partition coefficient (Wildman–Crippen LogP) is 15.8. The largest absolute Gasteiger partial charge is 0.307 e. The summed E-state index contributed by atoms with van der Waals surface area (Å²) in [6.45, 7) is 7.59. The van der Waals surface area contributed by atoms with Gasteiger partial charge in [0, 0.05) is 45.4 Å². The molecule has 0 atom stereocenters. The van der Waals surface area contributed by atoms with E-state index in [9.17, 15) is 5.26 Å². The van der Waals surface area contributed by atoms with E-state index in [1.54, 1.807) is 82.6 Å². The zero-order valence-electron chi connectivity index (χ0n) is 32.6. The van der Waals surface area contributed by atoms with E-state index in [0.29, 0.717) is 56.3 Å². The van der Waals surface area contributed by atoms with Crippen LogP contribution in [0.5, 0.6) is 0 Å². The van der Waals surface area contributed by atoms with Crippen molar-refractivity contribution < 1.29 is 17.6 Å². The van der Waals surface area contributed by atoms with E-state index in [2.05, 4.69) is 10.9 Å². The molecule has 0 saturated carbocycles. The Kier molecular flexibility index (Phi) is 9.32. The normalized spacial score (nSPS) is 11.2. The van der Waals surface area contributed by atoms with Crippen LogP contribution >= 0.6 is 0 Å². The van der Waals surface area contributed by atoms with Gasteiger partial charge in [-0.05, 0) is 93.3 Å². The Morgan fingerprint density at radius 3 is 1.31 bits per heavy atom. The SMILES string of the molecule is [C-]#[N+]c1ccc(N(c2c(F)cc(F)cc2-c2ccccc2)c2ccc3ccc4c(N(c5ccc(C#N)cc5)c5c(F)cc(F)cc5-c5ccccc5)ccc5ccc2c3c54)cc1. The first kappa shape index (κ1) is 37.8. The summed E-state index contributed by atoms with van der Waals surface area (Å²) in [6.07, 6.45) is 0. The molecule has 0 unspecified atom stereocenters.